The van der Waals surface area contributed by atoms with Gasteiger partial charge in [-0.3, -0.25) is 4.99 Å². The first kappa shape index (κ1) is 21.7. The molecule has 1 aromatic carbocycles. The number of rotatable bonds is 8. The van der Waals surface area contributed by atoms with Crippen LogP contribution in [-0.2, 0) is 17.7 Å². The molecule has 1 aliphatic rings. The highest BCUT2D eigenvalue weighted by molar-refractivity contribution is 7.11. The lowest BCUT2D eigenvalue weighted by Gasteiger charge is -2.41. The Kier molecular flexibility index (Phi) is 8.03. The standard InChI is InChI=1S/C22H33N5OS/c1-4-19-14-24-20(29-19)15-25-21(23-3)26-16-22(10-12-28-13-11-22)27-17(2)18-8-6-5-7-9-18/h5-9,14,17,27H,4,10-13,15-16H2,1-3H3,(H2,23,25,26). The quantitative estimate of drug-likeness (QED) is 0.456. The summed E-state index contributed by atoms with van der Waals surface area (Å²) >= 11 is 1.75. The van der Waals surface area contributed by atoms with Gasteiger partial charge in [0.05, 0.1) is 6.54 Å². The van der Waals surface area contributed by atoms with Crippen LogP contribution in [0, 0.1) is 0 Å². The number of hydrogen-bond donors (Lipinski definition) is 3. The minimum absolute atomic E-state index is 0.0261. The maximum Gasteiger partial charge on any atom is 0.191 e. The fourth-order valence-electron chi connectivity index (χ4n) is 3.64. The van der Waals surface area contributed by atoms with Crippen molar-refractivity contribution < 1.29 is 4.74 Å². The molecule has 1 aromatic heterocycles. The van der Waals surface area contributed by atoms with Crippen LogP contribution in [0.2, 0.25) is 0 Å². The Labute approximate surface area is 178 Å². The van der Waals surface area contributed by atoms with Gasteiger partial charge in [0.2, 0.25) is 0 Å². The van der Waals surface area contributed by atoms with Gasteiger partial charge in [-0.2, -0.15) is 0 Å². The van der Waals surface area contributed by atoms with Crippen molar-refractivity contribution in [3.8, 4) is 0 Å². The third-order valence-corrected chi connectivity index (χ3v) is 6.59. The molecule has 7 heteroatoms. The van der Waals surface area contributed by atoms with E-state index in [0.29, 0.717) is 6.54 Å². The summed E-state index contributed by atoms with van der Waals surface area (Å²) in [4.78, 5) is 10.2. The molecule has 1 unspecified atom stereocenters. The van der Waals surface area contributed by atoms with Crippen LogP contribution in [0.15, 0.2) is 41.5 Å². The normalized spacial score (nSPS) is 17.7. The molecule has 0 aliphatic carbocycles. The summed E-state index contributed by atoms with van der Waals surface area (Å²) in [5, 5.41) is 11.9. The van der Waals surface area contributed by atoms with Crippen molar-refractivity contribution in [1.82, 2.24) is 20.9 Å². The number of ether oxygens (including phenoxy) is 1. The summed E-state index contributed by atoms with van der Waals surface area (Å²) < 4.78 is 5.64. The van der Waals surface area contributed by atoms with Gasteiger partial charge in [-0.05, 0) is 31.7 Å². The molecular weight excluding hydrogens is 382 g/mol. The van der Waals surface area contributed by atoms with Gasteiger partial charge in [-0.15, -0.1) is 11.3 Å². The van der Waals surface area contributed by atoms with Crippen molar-refractivity contribution in [1.29, 1.82) is 0 Å². The number of nitrogens with zero attached hydrogens (tertiary/aromatic N) is 2. The molecule has 1 saturated heterocycles. The number of benzene rings is 1. The summed E-state index contributed by atoms with van der Waals surface area (Å²) in [6, 6.07) is 10.9. The van der Waals surface area contributed by atoms with Crippen molar-refractivity contribution in [3.63, 3.8) is 0 Å². The van der Waals surface area contributed by atoms with Gasteiger partial charge in [0, 0.05) is 49.5 Å². The molecule has 0 bridgehead atoms. The molecule has 0 amide bonds. The molecule has 2 aromatic rings. The van der Waals surface area contributed by atoms with Crippen molar-refractivity contribution in [2.75, 3.05) is 26.8 Å². The molecule has 1 aliphatic heterocycles. The molecule has 0 radical (unpaired) electrons. The second kappa shape index (κ2) is 10.7. The Morgan fingerprint density at radius 1 is 1.24 bits per heavy atom. The zero-order valence-corrected chi connectivity index (χ0v) is 18.5. The Bertz CT molecular complexity index is 771. The topological polar surface area (TPSA) is 70.6 Å². The molecule has 1 fully saturated rings. The molecule has 29 heavy (non-hydrogen) atoms. The molecule has 0 saturated carbocycles. The first-order valence-corrected chi connectivity index (χ1v) is 11.2. The van der Waals surface area contributed by atoms with E-state index >= 15 is 0 Å². The Morgan fingerprint density at radius 3 is 2.66 bits per heavy atom. The lowest BCUT2D eigenvalue weighted by atomic mass is 9.88. The summed E-state index contributed by atoms with van der Waals surface area (Å²) in [6.07, 6.45) is 4.94. The maximum atomic E-state index is 5.64. The number of aromatic nitrogens is 1. The van der Waals surface area contributed by atoms with Crippen molar-refractivity contribution >= 4 is 17.3 Å². The largest absolute Gasteiger partial charge is 0.381 e. The lowest BCUT2D eigenvalue weighted by Crippen LogP contribution is -2.58. The molecule has 3 rings (SSSR count). The van der Waals surface area contributed by atoms with Crippen LogP contribution in [0.1, 0.15) is 48.2 Å². The zero-order valence-electron chi connectivity index (χ0n) is 17.7. The van der Waals surface area contributed by atoms with Gasteiger partial charge < -0.3 is 20.7 Å². The van der Waals surface area contributed by atoms with E-state index in [9.17, 15) is 0 Å². The third kappa shape index (κ3) is 6.26. The number of guanidine groups is 1. The molecular formula is C22H33N5OS. The fourth-order valence-corrected chi connectivity index (χ4v) is 4.45. The van der Waals surface area contributed by atoms with Crippen LogP contribution < -0.4 is 16.0 Å². The molecule has 1 atom stereocenters. The summed E-state index contributed by atoms with van der Waals surface area (Å²) in [7, 11) is 1.81. The monoisotopic (exact) mass is 415 g/mol. The maximum absolute atomic E-state index is 5.64. The van der Waals surface area contributed by atoms with Crippen LogP contribution in [0.25, 0.3) is 0 Å². The minimum atomic E-state index is -0.0261. The summed E-state index contributed by atoms with van der Waals surface area (Å²) in [5.74, 6) is 0.804. The van der Waals surface area contributed by atoms with Crippen molar-refractivity contribution in [2.24, 2.45) is 4.99 Å². The van der Waals surface area contributed by atoms with Gasteiger partial charge >= 0.3 is 0 Å². The van der Waals surface area contributed by atoms with E-state index in [1.807, 2.05) is 13.2 Å². The van der Waals surface area contributed by atoms with Gasteiger partial charge in [0.25, 0.3) is 0 Å². The van der Waals surface area contributed by atoms with E-state index in [1.165, 1.54) is 10.4 Å². The second-order valence-corrected chi connectivity index (χ2v) is 8.72. The van der Waals surface area contributed by atoms with E-state index in [4.69, 9.17) is 4.74 Å². The summed E-state index contributed by atoms with van der Waals surface area (Å²) in [6.45, 7) is 7.43. The third-order valence-electron chi connectivity index (χ3n) is 5.45. The number of aryl methyl sites for hydroxylation is 1. The molecule has 3 N–H and O–H groups in total. The van der Waals surface area contributed by atoms with E-state index in [-0.39, 0.29) is 11.6 Å². The van der Waals surface area contributed by atoms with Crippen LogP contribution in [0.4, 0.5) is 0 Å². The molecule has 158 valence electrons. The molecule has 2 heterocycles. The van der Waals surface area contributed by atoms with Crippen LogP contribution in [0.5, 0.6) is 0 Å². The highest BCUT2D eigenvalue weighted by Gasteiger charge is 2.34. The lowest BCUT2D eigenvalue weighted by molar-refractivity contribution is 0.0355. The van der Waals surface area contributed by atoms with E-state index in [2.05, 4.69) is 70.1 Å². The first-order chi connectivity index (χ1) is 14.1. The van der Waals surface area contributed by atoms with Crippen LogP contribution in [0.3, 0.4) is 0 Å². The predicted molar refractivity (Wildman–Crippen MR) is 120 cm³/mol. The van der Waals surface area contributed by atoms with Crippen LogP contribution >= 0.6 is 11.3 Å². The van der Waals surface area contributed by atoms with E-state index in [1.54, 1.807) is 11.3 Å². The average molecular weight is 416 g/mol. The van der Waals surface area contributed by atoms with Gasteiger partial charge in [-0.1, -0.05) is 37.3 Å². The minimum Gasteiger partial charge on any atom is -0.381 e. The highest BCUT2D eigenvalue weighted by Crippen LogP contribution is 2.25. The smallest absolute Gasteiger partial charge is 0.191 e. The van der Waals surface area contributed by atoms with E-state index < -0.39 is 0 Å². The molecule has 6 nitrogen and oxygen atoms in total. The van der Waals surface area contributed by atoms with Crippen molar-refractivity contribution in [2.45, 2.75) is 51.2 Å². The average Bonchev–Trinajstić information content (AvgIpc) is 3.23. The number of hydrogen-bond acceptors (Lipinski definition) is 5. The molecule has 0 spiro atoms. The van der Waals surface area contributed by atoms with Crippen LogP contribution in [-0.4, -0.2) is 43.3 Å². The number of nitrogens with one attached hydrogen (secondary N) is 3. The second-order valence-electron chi connectivity index (χ2n) is 7.52. The Balaban J connectivity index is 1.58. The van der Waals surface area contributed by atoms with E-state index in [0.717, 1.165) is 50.0 Å². The predicted octanol–water partition coefficient (Wildman–Crippen LogP) is 3.27. The Morgan fingerprint density at radius 2 is 2.00 bits per heavy atom. The number of aliphatic imine (C=N–C) groups is 1. The Hall–Kier alpha value is -1.96. The fraction of sp³-hybridized carbons (Fsp3) is 0.545. The van der Waals surface area contributed by atoms with Gasteiger partial charge in [-0.25, -0.2) is 4.98 Å². The summed E-state index contributed by atoms with van der Waals surface area (Å²) in [5.41, 5.74) is 1.28. The van der Waals surface area contributed by atoms with Crippen molar-refractivity contribution in [3.05, 3.63) is 52.0 Å². The van der Waals surface area contributed by atoms with Gasteiger partial charge in [0.15, 0.2) is 5.96 Å². The SMILES string of the molecule is CCc1cnc(CNC(=NC)NCC2(NC(C)c3ccccc3)CCOCC2)s1. The number of thiazole rings is 1. The van der Waals surface area contributed by atoms with Gasteiger partial charge in [0.1, 0.15) is 5.01 Å². The zero-order chi connectivity index (χ0) is 20.5. The first-order valence-electron chi connectivity index (χ1n) is 10.4. The highest BCUT2D eigenvalue weighted by atomic mass is 32.1.